The van der Waals surface area contributed by atoms with Gasteiger partial charge in [0.05, 0.1) is 0 Å². The van der Waals surface area contributed by atoms with Crippen LogP contribution in [-0.4, -0.2) is 5.97 Å². The van der Waals surface area contributed by atoms with Gasteiger partial charge in [0.2, 0.25) is 0 Å². The molecule has 0 saturated heterocycles. The molecule has 0 amide bonds. The van der Waals surface area contributed by atoms with Gasteiger partial charge in [-0.25, -0.2) is 0 Å². The van der Waals surface area contributed by atoms with Gasteiger partial charge in [-0.2, -0.15) is 0 Å². The first-order chi connectivity index (χ1) is 12.2. The van der Waals surface area contributed by atoms with Gasteiger partial charge in [0.25, 0.3) is 0 Å². The summed E-state index contributed by atoms with van der Waals surface area (Å²) in [5, 5.41) is 0. The van der Waals surface area contributed by atoms with E-state index < -0.39 is 0 Å². The van der Waals surface area contributed by atoms with Crippen molar-refractivity contribution in [3.05, 3.63) is 89.5 Å². The average molecular weight is 330 g/mol. The summed E-state index contributed by atoms with van der Waals surface area (Å²) >= 11 is 0. The monoisotopic (exact) mass is 330 g/mol. The van der Waals surface area contributed by atoms with Crippen molar-refractivity contribution in [3.63, 3.8) is 0 Å². The Kier molecular flexibility index (Phi) is 3.84. The van der Waals surface area contributed by atoms with Crippen molar-refractivity contribution in [3.8, 4) is 0 Å². The van der Waals surface area contributed by atoms with Crippen molar-refractivity contribution in [1.29, 1.82) is 0 Å². The summed E-state index contributed by atoms with van der Waals surface area (Å²) in [4.78, 5) is 11.9. The van der Waals surface area contributed by atoms with Gasteiger partial charge in [-0.1, -0.05) is 60.7 Å². The quantitative estimate of drug-likeness (QED) is 0.579. The van der Waals surface area contributed by atoms with E-state index in [0.717, 1.165) is 24.8 Å². The Morgan fingerprint density at radius 3 is 2.68 bits per heavy atom. The van der Waals surface area contributed by atoms with Crippen LogP contribution < -0.4 is 0 Å². The lowest BCUT2D eigenvalue weighted by molar-refractivity contribution is -0.151. The van der Waals surface area contributed by atoms with Crippen LogP contribution >= 0.6 is 0 Å². The maximum absolute atomic E-state index is 11.9. The summed E-state index contributed by atoms with van der Waals surface area (Å²) in [6, 6.07) is 16.9. The fourth-order valence-electron chi connectivity index (χ4n) is 4.56. The predicted molar refractivity (Wildman–Crippen MR) is 100 cm³/mol. The minimum Gasteiger partial charge on any atom is -0.457 e. The molecule has 2 aromatic carbocycles. The van der Waals surface area contributed by atoms with Crippen LogP contribution in [0.3, 0.4) is 0 Å². The molecule has 2 aromatic rings. The molecule has 0 spiro atoms. The molecule has 0 N–H and O–H groups in total. The Bertz CT molecular complexity index is 877. The second-order valence-corrected chi connectivity index (χ2v) is 6.99. The molecule has 2 nitrogen and oxygen atoms in total. The highest BCUT2D eigenvalue weighted by Gasteiger charge is 2.51. The molecule has 0 radical (unpaired) electrons. The van der Waals surface area contributed by atoms with Crippen LogP contribution in [-0.2, 0) is 22.4 Å². The van der Waals surface area contributed by atoms with E-state index in [-0.39, 0.29) is 17.5 Å². The number of hydrogen-bond donors (Lipinski definition) is 0. The number of allylic oxidation sites excluding steroid dienone is 2. The first kappa shape index (κ1) is 15.9. The van der Waals surface area contributed by atoms with Crippen LogP contribution in [0, 0.1) is 5.41 Å². The number of fused-ring (bicyclic) bond motifs is 2. The maximum Gasteiger partial charge on any atom is 0.303 e. The van der Waals surface area contributed by atoms with Crippen LogP contribution in [0.25, 0.3) is 5.57 Å². The molecular formula is C23H22O2. The first-order valence-corrected chi connectivity index (χ1v) is 8.80. The zero-order valence-corrected chi connectivity index (χ0v) is 14.5. The topological polar surface area (TPSA) is 26.3 Å². The molecule has 25 heavy (non-hydrogen) atoms. The predicted octanol–water partition coefficient (Wildman–Crippen LogP) is 5.05. The van der Waals surface area contributed by atoms with Crippen LogP contribution in [0.5, 0.6) is 0 Å². The normalized spacial score (nSPS) is 23.6. The molecule has 4 rings (SSSR count). The van der Waals surface area contributed by atoms with Crippen molar-refractivity contribution >= 4 is 11.5 Å². The van der Waals surface area contributed by atoms with E-state index in [0.29, 0.717) is 0 Å². The molecule has 0 aliphatic heterocycles. The number of hydrogen-bond acceptors (Lipinski definition) is 2. The van der Waals surface area contributed by atoms with Gasteiger partial charge in [0.1, 0.15) is 6.10 Å². The number of benzene rings is 2. The minimum absolute atomic E-state index is 0.234. The van der Waals surface area contributed by atoms with Crippen LogP contribution in [0.4, 0.5) is 0 Å². The number of carbonyl (C=O) groups is 1. The van der Waals surface area contributed by atoms with E-state index in [4.69, 9.17) is 4.74 Å². The molecule has 126 valence electrons. The second-order valence-electron chi connectivity index (χ2n) is 6.99. The smallest absolute Gasteiger partial charge is 0.303 e. The number of rotatable bonds is 4. The van der Waals surface area contributed by atoms with E-state index >= 15 is 0 Å². The minimum atomic E-state index is -0.274. The molecule has 0 saturated carbocycles. The van der Waals surface area contributed by atoms with Gasteiger partial charge in [0, 0.05) is 12.3 Å². The fraction of sp³-hybridized carbons (Fsp3) is 0.261. The Hall–Kier alpha value is -2.61. The summed E-state index contributed by atoms with van der Waals surface area (Å²) in [6.07, 6.45) is 6.60. The first-order valence-electron chi connectivity index (χ1n) is 8.80. The third-order valence-corrected chi connectivity index (χ3v) is 5.51. The fourth-order valence-corrected chi connectivity index (χ4v) is 4.56. The van der Waals surface area contributed by atoms with Crippen molar-refractivity contribution in [2.75, 3.05) is 0 Å². The number of esters is 1. The van der Waals surface area contributed by atoms with Gasteiger partial charge in [0.15, 0.2) is 0 Å². The Balaban J connectivity index is 1.88. The molecule has 2 atom stereocenters. The second kappa shape index (κ2) is 6.03. The largest absolute Gasteiger partial charge is 0.457 e. The summed E-state index contributed by atoms with van der Waals surface area (Å²) in [5.74, 6) is -0.234. The summed E-state index contributed by atoms with van der Waals surface area (Å²) in [6.45, 7) is 5.50. The Morgan fingerprint density at radius 2 is 1.92 bits per heavy atom. The maximum atomic E-state index is 11.9. The molecule has 0 heterocycles. The van der Waals surface area contributed by atoms with E-state index in [2.05, 4.69) is 55.1 Å². The van der Waals surface area contributed by atoms with E-state index in [1.165, 1.54) is 29.2 Å². The number of carbonyl (C=O) groups excluding carboxylic acids is 1. The Labute approximate surface area is 148 Å². The molecule has 2 unspecified atom stereocenters. The summed E-state index contributed by atoms with van der Waals surface area (Å²) in [5.41, 5.74) is 6.05. The van der Waals surface area contributed by atoms with E-state index in [1.54, 1.807) is 0 Å². The molecule has 2 aliphatic carbocycles. The Morgan fingerprint density at radius 1 is 1.20 bits per heavy atom. The van der Waals surface area contributed by atoms with E-state index in [1.807, 2.05) is 12.1 Å². The lowest BCUT2D eigenvalue weighted by Gasteiger charge is -2.36. The van der Waals surface area contributed by atoms with Gasteiger partial charge >= 0.3 is 5.97 Å². The van der Waals surface area contributed by atoms with Gasteiger partial charge in [-0.05, 0) is 47.1 Å². The van der Waals surface area contributed by atoms with Crippen LogP contribution in [0.1, 0.15) is 41.7 Å². The molecule has 2 heteroatoms. The molecule has 2 aliphatic rings. The highest BCUT2D eigenvalue weighted by molar-refractivity contribution is 5.80. The lowest BCUT2D eigenvalue weighted by Crippen LogP contribution is -2.30. The zero-order valence-electron chi connectivity index (χ0n) is 14.5. The molecule has 0 aromatic heterocycles. The van der Waals surface area contributed by atoms with Gasteiger partial charge in [-0.15, -0.1) is 6.58 Å². The van der Waals surface area contributed by atoms with Crippen LogP contribution in [0.15, 0.2) is 67.3 Å². The third-order valence-electron chi connectivity index (χ3n) is 5.51. The van der Waals surface area contributed by atoms with Crippen molar-refractivity contribution in [1.82, 2.24) is 0 Å². The zero-order chi connectivity index (χ0) is 17.4. The highest BCUT2D eigenvalue weighted by Crippen LogP contribution is 2.59. The number of ether oxygens (including phenoxy) is 1. The summed E-state index contributed by atoms with van der Waals surface area (Å²) in [7, 11) is 0. The molecule has 0 fully saturated rings. The van der Waals surface area contributed by atoms with E-state index in [9.17, 15) is 4.79 Å². The third kappa shape index (κ3) is 2.44. The van der Waals surface area contributed by atoms with Crippen LogP contribution in [0.2, 0.25) is 0 Å². The van der Waals surface area contributed by atoms with Gasteiger partial charge < -0.3 is 4.74 Å². The average Bonchev–Trinajstić information content (AvgIpc) is 3.16. The SMILES string of the molecule is C=CCC1(C2=CCc3ccccc32)Cc2ccccc2C1OC(C)=O. The van der Waals surface area contributed by atoms with Gasteiger partial charge in [-0.3, -0.25) is 4.79 Å². The lowest BCUT2D eigenvalue weighted by atomic mass is 9.71. The van der Waals surface area contributed by atoms with Crippen molar-refractivity contribution in [2.24, 2.45) is 5.41 Å². The molecule has 0 bridgehead atoms. The van der Waals surface area contributed by atoms with Crippen molar-refractivity contribution in [2.45, 2.75) is 32.3 Å². The highest BCUT2D eigenvalue weighted by atomic mass is 16.5. The summed E-state index contributed by atoms with van der Waals surface area (Å²) < 4.78 is 5.91. The van der Waals surface area contributed by atoms with Crippen molar-refractivity contribution < 1.29 is 9.53 Å². The standard InChI is InChI=1S/C23H22O2/c1-3-14-23(21-13-12-17-8-4-6-10-19(17)21)15-18-9-5-7-11-20(18)22(23)25-16(2)24/h3-11,13,22H,1,12,14-15H2,2H3. The molecular weight excluding hydrogens is 308 g/mol.